The molecule has 162 valence electrons. The van der Waals surface area contributed by atoms with E-state index in [2.05, 4.69) is 11.9 Å². The third kappa shape index (κ3) is 5.83. The molecule has 0 aromatic heterocycles. The number of rotatable bonds is 9. The van der Waals surface area contributed by atoms with E-state index < -0.39 is 39.1 Å². The number of sulfonamides is 1. The first-order chi connectivity index (χ1) is 14.1. The second-order valence-electron chi connectivity index (χ2n) is 6.20. The van der Waals surface area contributed by atoms with Crippen LogP contribution in [0.3, 0.4) is 0 Å². The van der Waals surface area contributed by atoms with Crippen molar-refractivity contribution in [1.82, 2.24) is 9.62 Å². The topological polar surface area (TPSA) is 75.7 Å². The molecule has 1 amide bonds. The van der Waals surface area contributed by atoms with Crippen molar-refractivity contribution < 1.29 is 31.1 Å². The maximum Gasteiger partial charge on any atom is 0.416 e. The molecular formula is C20H21F3N2O4S. The quantitative estimate of drug-likeness (QED) is 0.605. The first kappa shape index (κ1) is 23.4. The van der Waals surface area contributed by atoms with Gasteiger partial charge in [-0.15, -0.1) is 6.58 Å². The summed E-state index contributed by atoms with van der Waals surface area (Å²) in [4.78, 5) is 11.8. The summed E-state index contributed by atoms with van der Waals surface area (Å²) in [5.41, 5.74) is -0.410. The second-order valence-corrected chi connectivity index (χ2v) is 8.14. The number of nitrogens with one attached hydrogen (secondary N) is 1. The maximum atomic E-state index is 12.9. The van der Waals surface area contributed by atoms with Gasteiger partial charge in [0.15, 0.2) is 0 Å². The number of ether oxygens (including phenoxy) is 1. The fourth-order valence-electron chi connectivity index (χ4n) is 2.63. The molecule has 0 unspecified atom stereocenters. The molecule has 0 saturated heterocycles. The van der Waals surface area contributed by atoms with Crippen molar-refractivity contribution >= 4 is 15.9 Å². The number of carbonyl (C=O) groups is 1. The highest BCUT2D eigenvalue weighted by molar-refractivity contribution is 7.89. The molecule has 2 aromatic carbocycles. The van der Waals surface area contributed by atoms with Crippen LogP contribution in [0, 0.1) is 0 Å². The number of amides is 1. The van der Waals surface area contributed by atoms with Gasteiger partial charge >= 0.3 is 6.18 Å². The molecule has 2 aromatic rings. The summed E-state index contributed by atoms with van der Waals surface area (Å²) in [6.07, 6.45) is -3.44. The standard InChI is InChI=1S/C20H21F3N2O4S/c1-3-11-25(14-19(26)24-13-15-7-4-5-10-18(15)29-2)30(27,28)17-9-6-8-16(12-17)20(21,22)23/h3-10,12H,1,11,13-14H2,2H3,(H,24,26). The number of alkyl halides is 3. The average Bonchev–Trinajstić information content (AvgIpc) is 2.71. The summed E-state index contributed by atoms with van der Waals surface area (Å²) in [6, 6.07) is 10.3. The Balaban J connectivity index is 2.18. The van der Waals surface area contributed by atoms with Crippen LogP contribution in [0.4, 0.5) is 13.2 Å². The van der Waals surface area contributed by atoms with E-state index in [0.29, 0.717) is 17.4 Å². The zero-order valence-corrected chi connectivity index (χ0v) is 17.0. The molecular weight excluding hydrogens is 421 g/mol. The molecule has 0 aliphatic rings. The van der Waals surface area contributed by atoms with Gasteiger partial charge in [-0.2, -0.15) is 17.5 Å². The second kappa shape index (κ2) is 9.77. The lowest BCUT2D eigenvalue weighted by molar-refractivity contribution is -0.137. The van der Waals surface area contributed by atoms with Gasteiger partial charge in [-0.05, 0) is 24.3 Å². The predicted molar refractivity (Wildman–Crippen MR) is 105 cm³/mol. The van der Waals surface area contributed by atoms with Crippen LogP contribution in [0.15, 0.2) is 66.1 Å². The van der Waals surface area contributed by atoms with Crippen LogP contribution in [0.25, 0.3) is 0 Å². The van der Waals surface area contributed by atoms with E-state index in [4.69, 9.17) is 4.74 Å². The highest BCUT2D eigenvalue weighted by atomic mass is 32.2. The number of benzene rings is 2. The first-order valence-electron chi connectivity index (χ1n) is 8.76. The van der Waals surface area contributed by atoms with Gasteiger partial charge in [0.25, 0.3) is 0 Å². The molecule has 0 atom stereocenters. The lowest BCUT2D eigenvalue weighted by Gasteiger charge is -2.21. The number of nitrogens with zero attached hydrogens (tertiary/aromatic N) is 1. The molecule has 0 fully saturated rings. The Morgan fingerprint density at radius 3 is 2.53 bits per heavy atom. The van der Waals surface area contributed by atoms with Gasteiger partial charge in [-0.1, -0.05) is 30.3 Å². The van der Waals surface area contributed by atoms with Crippen LogP contribution in [-0.2, 0) is 27.5 Å². The third-order valence-corrected chi connectivity index (χ3v) is 5.93. The summed E-state index contributed by atoms with van der Waals surface area (Å²) in [7, 11) is -2.88. The van der Waals surface area contributed by atoms with Crippen molar-refractivity contribution in [3.63, 3.8) is 0 Å². The lowest BCUT2D eigenvalue weighted by atomic mass is 10.2. The van der Waals surface area contributed by atoms with E-state index in [1.165, 1.54) is 13.2 Å². The number of hydrogen-bond donors (Lipinski definition) is 1. The van der Waals surface area contributed by atoms with Crippen LogP contribution in [0.2, 0.25) is 0 Å². The van der Waals surface area contributed by atoms with Gasteiger partial charge in [-0.3, -0.25) is 4.79 Å². The Bertz CT molecular complexity index is 1010. The molecule has 1 N–H and O–H groups in total. The van der Waals surface area contributed by atoms with E-state index in [-0.39, 0.29) is 13.1 Å². The lowest BCUT2D eigenvalue weighted by Crippen LogP contribution is -2.40. The minimum Gasteiger partial charge on any atom is -0.496 e. The molecule has 0 aliphatic heterocycles. The molecule has 0 saturated carbocycles. The SMILES string of the molecule is C=CCN(CC(=O)NCc1ccccc1OC)S(=O)(=O)c1cccc(C(F)(F)F)c1. The number of para-hydroxylation sites is 1. The van der Waals surface area contributed by atoms with Crippen molar-refractivity contribution in [3.8, 4) is 5.75 Å². The zero-order chi connectivity index (χ0) is 22.4. The molecule has 10 heteroatoms. The number of halogens is 3. The smallest absolute Gasteiger partial charge is 0.416 e. The summed E-state index contributed by atoms with van der Waals surface area (Å²) >= 11 is 0. The summed E-state index contributed by atoms with van der Waals surface area (Å²) in [5.74, 6) is -0.0735. The molecule has 30 heavy (non-hydrogen) atoms. The van der Waals surface area contributed by atoms with Crippen LogP contribution in [0.1, 0.15) is 11.1 Å². The van der Waals surface area contributed by atoms with E-state index in [1.54, 1.807) is 24.3 Å². The molecule has 0 spiro atoms. The summed E-state index contributed by atoms with van der Waals surface area (Å²) < 4.78 is 70.4. The van der Waals surface area contributed by atoms with Gasteiger partial charge < -0.3 is 10.1 Å². The largest absolute Gasteiger partial charge is 0.496 e. The zero-order valence-electron chi connectivity index (χ0n) is 16.1. The molecule has 6 nitrogen and oxygen atoms in total. The van der Waals surface area contributed by atoms with Gasteiger partial charge in [-0.25, -0.2) is 8.42 Å². The van der Waals surface area contributed by atoms with Gasteiger partial charge in [0.1, 0.15) is 5.75 Å². The van der Waals surface area contributed by atoms with Gasteiger partial charge in [0.05, 0.1) is 24.1 Å². The van der Waals surface area contributed by atoms with Crippen molar-refractivity contribution in [3.05, 3.63) is 72.3 Å². The van der Waals surface area contributed by atoms with E-state index in [0.717, 1.165) is 22.5 Å². The predicted octanol–water partition coefficient (Wildman–Crippen LogP) is 3.21. The molecule has 0 heterocycles. The van der Waals surface area contributed by atoms with Crippen LogP contribution >= 0.6 is 0 Å². The van der Waals surface area contributed by atoms with E-state index in [9.17, 15) is 26.4 Å². The summed E-state index contributed by atoms with van der Waals surface area (Å²) in [6.45, 7) is 2.71. The van der Waals surface area contributed by atoms with E-state index >= 15 is 0 Å². The van der Waals surface area contributed by atoms with Gasteiger partial charge in [0, 0.05) is 18.7 Å². The fourth-order valence-corrected chi connectivity index (χ4v) is 4.05. The Kier molecular flexibility index (Phi) is 7.63. The Morgan fingerprint density at radius 1 is 1.20 bits per heavy atom. The number of hydrogen-bond acceptors (Lipinski definition) is 4. The number of carbonyl (C=O) groups excluding carboxylic acids is 1. The normalized spacial score (nSPS) is 11.9. The monoisotopic (exact) mass is 442 g/mol. The van der Waals surface area contributed by atoms with Gasteiger partial charge in [0.2, 0.25) is 15.9 Å². The van der Waals surface area contributed by atoms with Crippen molar-refractivity contribution in [2.75, 3.05) is 20.2 Å². The third-order valence-electron chi connectivity index (χ3n) is 4.12. The van der Waals surface area contributed by atoms with E-state index in [1.807, 2.05) is 0 Å². The minimum absolute atomic E-state index is 0.0916. The van der Waals surface area contributed by atoms with Crippen LogP contribution in [0.5, 0.6) is 5.75 Å². The highest BCUT2D eigenvalue weighted by Gasteiger charge is 2.33. The fraction of sp³-hybridized carbons (Fsp3) is 0.250. The van der Waals surface area contributed by atoms with Crippen molar-refractivity contribution in [2.24, 2.45) is 0 Å². The average molecular weight is 442 g/mol. The molecule has 2 rings (SSSR count). The van der Waals surface area contributed by atoms with Crippen LogP contribution < -0.4 is 10.1 Å². The highest BCUT2D eigenvalue weighted by Crippen LogP contribution is 2.31. The summed E-state index contributed by atoms with van der Waals surface area (Å²) in [5, 5.41) is 2.58. The number of methoxy groups -OCH3 is 1. The minimum atomic E-state index is -4.69. The molecule has 0 bridgehead atoms. The molecule has 0 aliphatic carbocycles. The van der Waals surface area contributed by atoms with Crippen molar-refractivity contribution in [2.45, 2.75) is 17.6 Å². The first-order valence-corrected chi connectivity index (χ1v) is 10.2. The van der Waals surface area contributed by atoms with Crippen molar-refractivity contribution in [1.29, 1.82) is 0 Å². The maximum absolute atomic E-state index is 12.9. The Hall–Kier alpha value is -2.85. The Morgan fingerprint density at radius 2 is 1.90 bits per heavy atom. The van der Waals surface area contributed by atoms with Crippen LogP contribution in [-0.4, -0.2) is 38.8 Å². The molecule has 0 radical (unpaired) electrons. The Labute approximate surface area is 173 Å².